The van der Waals surface area contributed by atoms with Gasteiger partial charge in [-0.25, -0.2) is 0 Å². The molecule has 0 saturated heterocycles. The molecule has 0 N–H and O–H groups in total. The molecule has 0 radical (unpaired) electrons. The Hall–Kier alpha value is 0.856. The molecule has 1 heteroatoms. The summed E-state index contributed by atoms with van der Waals surface area (Å²) in [6.07, 6.45) is 6.21. The van der Waals surface area contributed by atoms with Crippen molar-refractivity contribution in [3.05, 3.63) is 43.9 Å². The maximum absolute atomic E-state index is 3.69. The molecule has 0 unspecified atom stereocenters. The van der Waals surface area contributed by atoms with E-state index in [-0.39, 0.29) is 51.4 Å². The van der Waals surface area contributed by atoms with Crippen molar-refractivity contribution in [1.82, 2.24) is 0 Å². The first kappa shape index (κ1) is 12.5. The first-order valence-corrected chi connectivity index (χ1v) is 2.58. The molecule has 0 nitrogen and oxygen atoms in total. The molecule has 0 rings (SSSR count). The Morgan fingerprint density at radius 3 is 2.11 bits per heavy atom. The smallest absolute Gasteiger partial charge is 0.339 e. The van der Waals surface area contributed by atoms with Crippen molar-refractivity contribution in [2.45, 2.75) is 6.42 Å². The minimum atomic E-state index is 0. The summed E-state index contributed by atoms with van der Waals surface area (Å²) >= 11 is 0. The summed E-state index contributed by atoms with van der Waals surface area (Å²) in [4.78, 5) is 0. The van der Waals surface area contributed by atoms with Gasteiger partial charge in [-0.1, -0.05) is 37.0 Å². The minimum absolute atomic E-state index is 0. The molecule has 0 saturated carbocycles. The number of hydrogen-bond acceptors (Lipinski definition) is 0. The van der Waals surface area contributed by atoms with Crippen molar-refractivity contribution in [1.29, 1.82) is 0 Å². The topological polar surface area (TPSA) is 0 Å². The Morgan fingerprint density at radius 2 is 2.00 bits per heavy atom. The fourth-order valence-electron chi connectivity index (χ4n) is 0.405. The standard InChI is InChI=1S/C8H11.K/c1-4-7-8(5-2)6-3;/h4-5,7H,1-3,6H2;/q-1;+1/b8-7+;. The molecule has 0 bridgehead atoms. The normalized spacial score (nSPS) is 9.67. The molecule has 44 valence electrons. The van der Waals surface area contributed by atoms with Gasteiger partial charge in [-0.15, -0.1) is 0 Å². The fraction of sp³-hybridized carbons (Fsp3) is 0.125. The minimum Gasteiger partial charge on any atom is -0.339 e. The fourth-order valence-corrected chi connectivity index (χ4v) is 0.405. The predicted octanol–water partition coefficient (Wildman–Crippen LogP) is -0.487. The Bertz CT molecular complexity index is 112. The van der Waals surface area contributed by atoms with Crippen LogP contribution in [0.5, 0.6) is 0 Å². The molecule has 0 fully saturated rings. The Balaban J connectivity index is 0. The van der Waals surface area contributed by atoms with Crippen molar-refractivity contribution in [3.8, 4) is 0 Å². The van der Waals surface area contributed by atoms with Crippen LogP contribution < -0.4 is 51.4 Å². The molecule has 0 heterocycles. The van der Waals surface area contributed by atoms with Gasteiger partial charge >= 0.3 is 51.4 Å². The maximum Gasteiger partial charge on any atom is 1.00 e. The molecule has 0 aliphatic heterocycles. The zero-order valence-electron chi connectivity index (χ0n) is 6.06. The molecular formula is C8H11K. The van der Waals surface area contributed by atoms with Gasteiger partial charge in [0.05, 0.1) is 0 Å². The van der Waals surface area contributed by atoms with Gasteiger partial charge in [0.1, 0.15) is 0 Å². The summed E-state index contributed by atoms with van der Waals surface area (Å²) in [6.45, 7) is 10.8. The average Bonchev–Trinajstić information content (AvgIpc) is 1.83. The van der Waals surface area contributed by atoms with E-state index in [2.05, 4.69) is 20.1 Å². The molecule has 9 heavy (non-hydrogen) atoms. The quantitative estimate of drug-likeness (QED) is 0.286. The molecule has 0 atom stereocenters. The van der Waals surface area contributed by atoms with Crippen molar-refractivity contribution >= 4 is 0 Å². The van der Waals surface area contributed by atoms with Crippen LogP contribution in [-0.2, 0) is 0 Å². The van der Waals surface area contributed by atoms with E-state index in [4.69, 9.17) is 0 Å². The van der Waals surface area contributed by atoms with Crippen molar-refractivity contribution in [2.24, 2.45) is 0 Å². The average molecular weight is 146 g/mol. The summed E-state index contributed by atoms with van der Waals surface area (Å²) in [5.74, 6) is 0. The monoisotopic (exact) mass is 146 g/mol. The van der Waals surface area contributed by atoms with E-state index in [0.717, 1.165) is 12.0 Å². The van der Waals surface area contributed by atoms with Crippen LogP contribution >= 0.6 is 0 Å². The van der Waals surface area contributed by atoms with Crippen LogP contribution in [0.4, 0.5) is 0 Å². The van der Waals surface area contributed by atoms with Gasteiger partial charge in [0, 0.05) is 0 Å². The van der Waals surface area contributed by atoms with Crippen LogP contribution in [0.15, 0.2) is 37.0 Å². The van der Waals surface area contributed by atoms with Crippen LogP contribution in [-0.4, -0.2) is 0 Å². The zero-order chi connectivity index (χ0) is 6.41. The van der Waals surface area contributed by atoms with Crippen LogP contribution in [0.3, 0.4) is 0 Å². The summed E-state index contributed by atoms with van der Waals surface area (Å²) in [7, 11) is 0. The van der Waals surface area contributed by atoms with E-state index in [1.165, 1.54) is 0 Å². The maximum atomic E-state index is 3.69. The van der Waals surface area contributed by atoms with E-state index < -0.39 is 0 Å². The molecular weight excluding hydrogens is 135 g/mol. The van der Waals surface area contributed by atoms with Gasteiger partial charge in [-0.05, 0) is 0 Å². The summed E-state index contributed by atoms with van der Waals surface area (Å²) in [6, 6.07) is 0. The summed E-state index contributed by atoms with van der Waals surface area (Å²) in [5, 5.41) is 0. The second kappa shape index (κ2) is 8.86. The summed E-state index contributed by atoms with van der Waals surface area (Å²) < 4.78 is 0. The Kier molecular flexibility index (Phi) is 12.3. The van der Waals surface area contributed by atoms with E-state index in [1.54, 1.807) is 12.2 Å². The second-order valence-electron chi connectivity index (χ2n) is 1.43. The van der Waals surface area contributed by atoms with E-state index in [1.807, 2.05) is 6.08 Å². The number of hydrogen-bond donors (Lipinski definition) is 0. The molecule has 0 aromatic rings. The molecule has 0 amide bonds. The number of rotatable bonds is 3. The Morgan fingerprint density at radius 1 is 1.44 bits per heavy atom. The van der Waals surface area contributed by atoms with Crippen molar-refractivity contribution < 1.29 is 51.4 Å². The SMILES string of the molecule is C=C/C=C(\C=C)C[CH2-].[K+]. The van der Waals surface area contributed by atoms with Crippen LogP contribution in [0.1, 0.15) is 6.42 Å². The van der Waals surface area contributed by atoms with Gasteiger partial charge in [-0.2, -0.15) is 6.42 Å². The third-order valence-electron chi connectivity index (χ3n) is 0.883. The van der Waals surface area contributed by atoms with E-state index in [9.17, 15) is 0 Å². The number of allylic oxidation sites excluding steroid dienone is 4. The van der Waals surface area contributed by atoms with Crippen LogP contribution in [0, 0.1) is 6.92 Å². The third kappa shape index (κ3) is 6.75. The van der Waals surface area contributed by atoms with Gasteiger partial charge in [0.25, 0.3) is 0 Å². The first-order valence-electron chi connectivity index (χ1n) is 2.58. The zero-order valence-corrected chi connectivity index (χ0v) is 9.18. The molecule has 0 aromatic carbocycles. The van der Waals surface area contributed by atoms with Crippen molar-refractivity contribution in [2.75, 3.05) is 0 Å². The predicted molar refractivity (Wildman–Crippen MR) is 38.5 cm³/mol. The van der Waals surface area contributed by atoms with Gasteiger partial charge < -0.3 is 6.92 Å². The Labute approximate surface area is 100 Å². The van der Waals surface area contributed by atoms with E-state index >= 15 is 0 Å². The van der Waals surface area contributed by atoms with Crippen LogP contribution in [0.25, 0.3) is 0 Å². The first-order chi connectivity index (χ1) is 3.85. The molecule has 0 aromatic heterocycles. The van der Waals surface area contributed by atoms with Gasteiger partial charge in [0.2, 0.25) is 0 Å². The van der Waals surface area contributed by atoms with Crippen molar-refractivity contribution in [3.63, 3.8) is 0 Å². The largest absolute Gasteiger partial charge is 1.00 e. The summed E-state index contributed by atoms with van der Waals surface area (Å²) in [5.41, 5.74) is 1.13. The molecule has 0 aliphatic carbocycles. The molecule has 0 spiro atoms. The van der Waals surface area contributed by atoms with E-state index in [0.29, 0.717) is 0 Å². The van der Waals surface area contributed by atoms with Gasteiger partial charge in [-0.3, -0.25) is 0 Å². The molecule has 0 aliphatic rings. The third-order valence-corrected chi connectivity index (χ3v) is 0.883. The second-order valence-corrected chi connectivity index (χ2v) is 1.43. The van der Waals surface area contributed by atoms with Gasteiger partial charge in [0.15, 0.2) is 0 Å². The van der Waals surface area contributed by atoms with Crippen LogP contribution in [0.2, 0.25) is 0 Å².